The number of nitrogens with zero attached hydrogens (tertiary/aromatic N) is 1. The van der Waals surface area contributed by atoms with Crippen LogP contribution in [-0.4, -0.2) is 22.5 Å². The lowest BCUT2D eigenvalue weighted by atomic mass is 9.92. The van der Waals surface area contributed by atoms with Gasteiger partial charge in [0.1, 0.15) is 5.78 Å². The molecule has 0 aromatic carbocycles. The largest absolute Gasteiger partial charge is 0.392 e. The van der Waals surface area contributed by atoms with Crippen LogP contribution in [-0.2, 0) is 4.79 Å². The van der Waals surface area contributed by atoms with Crippen molar-refractivity contribution in [3.63, 3.8) is 0 Å². The number of ketones is 1. The lowest BCUT2D eigenvalue weighted by molar-refractivity contribution is -0.116. The molecule has 3 nitrogen and oxygen atoms in total. The number of aliphatic hydroxyl groups is 1. The van der Waals surface area contributed by atoms with E-state index in [2.05, 4.69) is 24.6 Å². The molecule has 0 aliphatic carbocycles. The van der Waals surface area contributed by atoms with Gasteiger partial charge in [-0.05, 0) is 60.6 Å². The van der Waals surface area contributed by atoms with Crippen molar-refractivity contribution in [3.05, 3.63) is 59.5 Å². The molecule has 0 spiro atoms. The van der Waals surface area contributed by atoms with Crippen molar-refractivity contribution in [1.82, 2.24) is 4.98 Å². The Labute approximate surface area is 139 Å². The van der Waals surface area contributed by atoms with E-state index in [0.717, 1.165) is 40.7 Å². The molecule has 0 fully saturated rings. The summed E-state index contributed by atoms with van der Waals surface area (Å²) >= 11 is 0. The van der Waals surface area contributed by atoms with Gasteiger partial charge in [-0.1, -0.05) is 32.1 Å². The maximum absolute atomic E-state index is 11.2. The number of aliphatic hydroxyl groups excluding tert-OH is 1. The second-order valence-corrected chi connectivity index (χ2v) is 5.78. The van der Waals surface area contributed by atoms with Gasteiger partial charge in [-0.2, -0.15) is 0 Å². The van der Waals surface area contributed by atoms with Gasteiger partial charge in [0.05, 0.1) is 6.61 Å². The van der Waals surface area contributed by atoms with Crippen LogP contribution in [0.5, 0.6) is 0 Å². The first-order valence-electron chi connectivity index (χ1n) is 8.08. The fraction of sp³-hybridized carbons (Fsp3) is 0.400. The van der Waals surface area contributed by atoms with Crippen LogP contribution in [0.25, 0.3) is 5.57 Å². The topological polar surface area (TPSA) is 50.2 Å². The van der Waals surface area contributed by atoms with Gasteiger partial charge in [0.15, 0.2) is 0 Å². The average molecular weight is 313 g/mol. The molecule has 0 bridgehead atoms. The van der Waals surface area contributed by atoms with Gasteiger partial charge >= 0.3 is 0 Å². The van der Waals surface area contributed by atoms with E-state index in [1.807, 2.05) is 19.1 Å². The van der Waals surface area contributed by atoms with Crippen LogP contribution >= 0.6 is 0 Å². The van der Waals surface area contributed by atoms with Crippen LogP contribution in [0, 0.1) is 0 Å². The third-order valence-electron chi connectivity index (χ3n) is 3.88. The summed E-state index contributed by atoms with van der Waals surface area (Å²) in [5.41, 5.74) is 5.06. The third-order valence-corrected chi connectivity index (χ3v) is 3.88. The highest BCUT2D eigenvalue weighted by Gasteiger charge is 2.09. The molecule has 0 unspecified atom stereocenters. The van der Waals surface area contributed by atoms with Crippen molar-refractivity contribution in [2.45, 2.75) is 46.5 Å². The van der Waals surface area contributed by atoms with E-state index in [4.69, 9.17) is 0 Å². The average Bonchev–Trinajstić information content (AvgIpc) is 2.55. The Bertz CT molecular complexity index is 597. The Balaban J connectivity index is 3.09. The van der Waals surface area contributed by atoms with Crippen LogP contribution in [0.2, 0.25) is 0 Å². The molecular formula is C20H27NO2. The van der Waals surface area contributed by atoms with E-state index < -0.39 is 0 Å². The molecule has 1 heterocycles. The second-order valence-electron chi connectivity index (χ2n) is 5.78. The molecule has 3 heteroatoms. The lowest BCUT2D eigenvalue weighted by Crippen LogP contribution is -2.01. The van der Waals surface area contributed by atoms with Crippen molar-refractivity contribution in [1.29, 1.82) is 0 Å². The van der Waals surface area contributed by atoms with E-state index in [-0.39, 0.29) is 12.4 Å². The smallest absolute Gasteiger partial charge is 0.130 e. The number of Topliss-reactive ketones (excluding diaryl/α,β-unsaturated/α-hetero) is 1. The molecule has 0 saturated carbocycles. The Hall–Kier alpha value is -2.00. The van der Waals surface area contributed by atoms with Gasteiger partial charge in [-0.15, -0.1) is 0 Å². The minimum atomic E-state index is -0.0143. The van der Waals surface area contributed by atoms with Crippen LogP contribution in [0.4, 0.5) is 0 Å². The number of rotatable bonds is 9. The first-order chi connectivity index (χ1) is 11.0. The molecule has 1 aromatic heterocycles. The summed E-state index contributed by atoms with van der Waals surface area (Å²) in [5, 5.41) is 9.65. The van der Waals surface area contributed by atoms with Crippen molar-refractivity contribution in [2.75, 3.05) is 6.61 Å². The van der Waals surface area contributed by atoms with Gasteiger partial charge < -0.3 is 9.90 Å². The van der Waals surface area contributed by atoms with Gasteiger partial charge in [-0.3, -0.25) is 4.98 Å². The maximum atomic E-state index is 11.2. The van der Waals surface area contributed by atoms with E-state index >= 15 is 0 Å². The molecule has 1 N–H and O–H groups in total. The summed E-state index contributed by atoms with van der Waals surface area (Å²) in [6.45, 7) is 9.84. The molecule has 23 heavy (non-hydrogen) atoms. The molecule has 1 aromatic rings. The van der Waals surface area contributed by atoms with Gasteiger partial charge in [0.25, 0.3) is 0 Å². The zero-order chi connectivity index (χ0) is 17.2. The van der Waals surface area contributed by atoms with Gasteiger partial charge in [-0.25, -0.2) is 0 Å². The van der Waals surface area contributed by atoms with E-state index in [0.29, 0.717) is 12.8 Å². The maximum Gasteiger partial charge on any atom is 0.130 e. The number of hydrogen-bond acceptors (Lipinski definition) is 3. The Kier molecular flexibility index (Phi) is 8.20. The van der Waals surface area contributed by atoms with Crippen LogP contribution in [0.3, 0.4) is 0 Å². The molecule has 0 aliphatic heterocycles. The number of hydrogen-bond donors (Lipinski definition) is 1. The zero-order valence-corrected chi connectivity index (χ0v) is 14.4. The molecule has 0 atom stereocenters. The predicted molar refractivity (Wildman–Crippen MR) is 96.0 cm³/mol. The van der Waals surface area contributed by atoms with Crippen molar-refractivity contribution in [2.24, 2.45) is 0 Å². The first-order valence-corrected chi connectivity index (χ1v) is 8.08. The molecule has 124 valence electrons. The van der Waals surface area contributed by atoms with Crippen LogP contribution in [0.15, 0.2) is 53.9 Å². The highest BCUT2D eigenvalue weighted by molar-refractivity contribution is 5.76. The fourth-order valence-corrected chi connectivity index (χ4v) is 2.42. The Morgan fingerprint density at radius 1 is 1.30 bits per heavy atom. The summed E-state index contributed by atoms with van der Waals surface area (Å²) in [7, 11) is 0. The third kappa shape index (κ3) is 6.33. The molecule has 0 radical (unpaired) electrons. The monoisotopic (exact) mass is 313 g/mol. The Morgan fingerprint density at radius 3 is 2.57 bits per heavy atom. The van der Waals surface area contributed by atoms with Crippen molar-refractivity contribution >= 4 is 11.4 Å². The highest BCUT2D eigenvalue weighted by atomic mass is 16.3. The molecule has 1 rings (SSSR count). The number of carbonyl (C=O) groups is 1. The molecule has 0 saturated heterocycles. The van der Waals surface area contributed by atoms with E-state index in [9.17, 15) is 9.90 Å². The second kappa shape index (κ2) is 9.90. The highest BCUT2D eigenvalue weighted by Crippen LogP contribution is 2.25. The number of aromatic nitrogens is 1. The van der Waals surface area contributed by atoms with E-state index in [1.54, 1.807) is 19.3 Å². The molecule has 0 aliphatic rings. The quantitative estimate of drug-likeness (QED) is 0.683. The summed E-state index contributed by atoms with van der Waals surface area (Å²) < 4.78 is 0. The standard InChI is InChI=1S/C20H27NO2/c1-5-7-18(12-15(2)19-8-6-11-21-13-19)17(4)20(14-22)10-9-16(3)23/h6,8,11-13,22H,2,5,7,9-10,14H2,1,3-4H3/b18-12-,20-17-. The van der Waals surface area contributed by atoms with Crippen LogP contribution < -0.4 is 0 Å². The molecule has 0 amide bonds. The lowest BCUT2D eigenvalue weighted by Gasteiger charge is -2.14. The fourth-order valence-electron chi connectivity index (χ4n) is 2.42. The molecular weight excluding hydrogens is 286 g/mol. The SMILES string of the molecule is C=C(/C=C(CCC)\C(C)=C(/CO)CCC(C)=O)c1cccnc1. The minimum Gasteiger partial charge on any atom is -0.392 e. The first kappa shape index (κ1) is 19.0. The number of allylic oxidation sites excluding steroid dienone is 4. The number of pyridine rings is 1. The predicted octanol–water partition coefficient (Wildman–Crippen LogP) is 4.50. The van der Waals surface area contributed by atoms with Gasteiger partial charge in [0.2, 0.25) is 0 Å². The minimum absolute atomic E-state index is 0.0143. The van der Waals surface area contributed by atoms with E-state index in [1.165, 1.54) is 0 Å². The summed E-state index contributed by atoms with van der Waals surface area (Å²) in [4.78, 5) is 15.3. The summed E-state index contributed by atoms with van der Waals surface area (Å²) in [6.07, 6.45) is 8.60. The van der Waals surface area contributed by atoms with Crippen molar-refractivity contribution in [3.8, 4) is 0 Å². The number of carbonyl (C=O) groups excluding carboxylic acids is 1. The Morgan fingerprint density at radius 2 is 2.04 bits per heavy atom. The summed E-state index contributed by atoms with van der Waals surface area (Å²) in [6, 6.07) is 3.87. The summed E-state index contributed by atoms with van der Waals surface area (Å²) in [5.74, 6) is 0.143. The van der Waals surface area contributed by atoms with Crippen molar-refractivity contribution < 1.29 is 9.90 Å². The zero-order valence-electron chi connectivity index (χ0n) is 14.4. The normalized spacial score (nSPS) is 12.8. The van der Waals surface area contributed by atoms with Crippen LogP contribution in [0.1, 0.15) is 52.0 Å². The van der Waals surface area contributed by atoms with Gasteiger partial charge in [0, 0.05) is 18.8 Å².